The molecule has 0 unspecified atom stereocenters. The lowest BCUT2D eigenvalue weighted by molar-refractivity contribution is -0.132. The van der Waals surface area contributed by atoms with Gasteiger partial charge in [-0.1, -0.05) is 35.9 Å². The minimum Gasteiger partial charge on any atom is -0.325 e. The minimum absolute atomic E-state index is 0.0534. The van der Waals surface area contributed by atoms with Crippen LogP contribution in [0.15, 0.2) is 36.4 Å². The quantitative estimate of drug-likeness (QED) is 0.855. The largest absolute Gasteiger partial charge is 0.325 e. The highest BCUT2D eigenvalue weighted by Gasteiger charge is 2.58. The zero-order valence-corrected chi connectivity index (χ0v) is 15.6. The van der Waals surface area contributed by atoms with E-state index in [9.17, 15) is 9.59 Å². The molecule has 26 heavy (non-hydrogen) atoms. The van der Waals surface area contributed by atoms with Crippen molar-refractivity contribution in [2.75, 3.05) is 16.8 Å². The molecule has 1 N–H and O–H groups in total. The average Bonchev–Trinajstić information content (AvgIpc) is 3.31. The fraction of sp³-hybridized carbons (Fsp3) is 0.364. The summed E-state index contributed by atoms with van der Waals surface area (Å²) in [6.45, 7) is 6.69. The number of fused-ring (bicyclic) bond motifs is 1. The summed E-state index contributed by atoms with van der Waals surface area (Å²) in [5.74, 6) is -0.218. The topological polar surface area (TPSA) is 49.4 Å². The molecule has 0 bridgehead atoms. The summed E-state index contributed by atoms with van der Waals surface area (Å²) in [5.41, 5.74) is 5.31. The first-order valence-corrected chi connectivity index (χ1v) is 9.21. The van der Waals surface area contributed by atoms with E-state index >= 15 is 0 Å². The third-order valence-corrected chi connectivity index (χ3v) is 5.64. The summed E-state index contributed by atoms with van der Waals surface area (Å²) in [7, 11) is 0. The van der Waals surface area contributed by atoms with Gasteiger partial charge in [-0.05, 0) is 62.8 Å². The van der Waals surface area contributed by atoms with Gasteiger partial charge in [0.05, 0.1) is 0 Å². The number of amides is 2. The fourth-order valence-corrected chi connectivity index (χ4v) is 4.08. The molecule has 1 saturated carbocycles. The van der Waals surface area contributed by atoms with Crippen molar-refractivity contribution >= 4 is 23.2 Å². The van der Waals surface area contributed by atoms with Crippen LogP contribution in [0.3, 0.4) is 0 Å². The van der Waals surface area contributed by atoms with Crippen LogP contribution in [0.4, 0.5) is 11.4 Å². The molecule has 1 fully saturated rings. The molecule has 4 heteroatoms. The number of benzene rings is 2. The molecule has 0 aromatic heterocycles. The van der Waals surface area contributed by atoms with Crippen molar-refractivity contribution in [1.82, 2.24) is 0 Å². The SMILES string of the molecule is Cc1cc(C)c(NC(=O)C2(C(=O)N3CCc4ccccc43)CC2)c(C)c1. The van der Waals surface area contributed by atoms with E-state index in [4.69, 9.17) is 0 Å². The van der Waals surface area contributed by atoms with Gasteiger partial charge in [-0.25, -0.2) is 0 Å². The lowest BCUT2D eigenvalue weighted by atomic mass is 10.0. The number of para-hydroxylation sites is 1. The monoisotopic (exact) mass is 348 g/mol. The highest BCUT2D eigenvalue weighted by atomic mass is 16.2. The Balaban J connectivity index is 1.58. The van der Waals surface area contributed by atoms with Crippen LogP contribution in [-0.4, -0.2) is 18.4 Å². The summed E-state index contributed by atoms with van der Waals surface area (Å²) in [6, 6.07) is 12.1. The van der Waals surface area contributed by atoms with Crippen LogP contribution in [0.2, 0.25) is 0 Å². The van der Waals surface area contributed by atoms with Gasteiger partial charge < -0.3 is 10.2 Å². The van der Waals surface area contributed by atoms with Crippen molar-refractivity contribution in [3.8, 4) is 0 Å². The smallest absolute Gasteiger partial charge is 0.242 e. The number of aryl methyl sites for hydroxylation is 3. The maximum Gasteiger partial charge on any atom is 0.242 e. The van der Waals surface area contributed by atoms with Crippen LogP contribution >= 0.6 is 0 Å². The molecule has 0 spiro atoms. The first kappa shape index (κ1) is 16.8. The molecular weight excluding hydrogens is 324 g/mol. The summed E-state index contributed by atoms with van der Waals surface area (Å²) in [5, 5.41) is 3.05. The van der Waals surface area contributed by atoms with Gasteiger partial charge in [0.15, 0.2) is 0 Å². The summed E-state index contributed by atoms with van der Waals surface area (Å²) >= 11 is 0. The number of hydrogen-bond acceptors (Lipinski definition) is 2. The van der Waals surface area contributed by atoms with Gasteiger partial charge in [-0.3, -0.25) is 9.59 Å². The zero-order valence-electron chi connectivity index (χ0n) is 15.6. The number of nitrogens with zero attached hydrogens (tertiary/aromatic N) is 1. The predicted molar refractivity (Wildman–Crippen MR) is 103 cm³/mol. The van der Waals surface area contributed by atoms with Crippen molar-refractivity contribution in [2.24, 2.45) is 5.41 Å². The van der Waals surface area contributed by atoms with E-state index in [1.54, 1.807) is 4.90 Å². The van der Waals surface area contributed by atoms with Crippen molar-refractivity contribution in [1.29, 1.82) is 0 Å². The molecule has 1 aliphatic heterocycles. The molecule has 4 rings (SSSR count). The Bertz CT molecular complexity index is 889. The normalized spacial score (nSPS) is 17.0. The number of anilines is 2. The zero-order chi connectivity index (χ0) is 18.5. The highest BCUT2D eigenvalue weighted by molar-refractivity contribution is 6.18. The van der Waals surface area contributed by atoms with Crippen LogP contribution in [0.25, 0.3) is 0 Å². The molecule has 2 aromatic carbocycles. The lowest BCUT2D eigenvalue weighted by Gasteiger charge is -2.24. The average molecular weight is 348 g/mol. The Hall–Kier alpha value is -2.62. The van der Waals surface area contributed by atoms with Gasteiger partial charge >= 0.3 is 0 Å². The number of hydrogen-bond donors (Lipinski definition) is 1. The maximum absolute atomic E-state index is 13.2. The van der Waals surface area contributed by atoms with E-state index in [-0.39, 0.29) is 11.8 Å². The second-order valence-electron chi connectivity index (χ2n) is 7.65. The van der Waals surface area contributed by atoms with Crippen LogP contribution in [-0.2, 0) is 16.0 Å². The van der Waals surface area contributed by atoms with E-state index in [2.05, 4.69) is 23.5 Å². The molecule has 1 heterocycles. The standard InChI is InChI=1S/C22H24N2O2/c1-14-12-15(2)19(16(3)13-14)23-20(25)22(9-10-22)21(26)24-11-8-17-6-4-5-7-18(17)24/h4-7,12-13H,8-11H2,1-3H3,(H,23,25). The minimum atomic E-state index is -0.902. The molecule has 134 valence electrons. The molecule has 4 nitrogen and oxygen atoms in total. The van der Waals surface area contributed by atoms with Crippen LogP contribution in [0.5, 0.6) is 0 Å². The van der Waals surface area contributed by atoms with Crippen LogP contribution in [0.1, 0.15) is 35.1 Å². The van der Waals surface area contributed by atoms with Crippen molar-refractivity contribution in [3.05, 3.63) is 58.7 Å². The molecule has 0 saturated heterocycles. The van der Waals surface area contributed by atoms with Crippen molar-refractivity contribution in [3.63, 3.8) is 0 Å². The number of carbonyl (C=O) groups excluding carboxylic acids is 2. The maximum atomic E-state index is 13.2. The van der Waals surface area contributed by atoms with Gasteiger partial charge in [0.2, 0.25) is 11.8 Å². The summed E-state index contributed by atoms with van der Waals surface area (Å²) in [6.07, 6.45) is 2.11. The van der Waals surface area contributed by atoms with Gasteiger partial charge in [0.1, 0.15) is 5.41 Å². The predicted octanol–water partition coefficient (Wildman–Crippen LogP) is 3.92. The van der Waals surface area contributed by atoms with Crippen LogP contribution in [0, 0.1) is 26.2 Å². The second-order valence-corrected chi connectivity index (χ2v) is 7.65. The molecule has 2 amide bonds. The molecule has 1 aliphatic carbocycles. The van der Waals surface area contributed by atoms with Crippen molar-refractivity contribution < 1.29 is 9.59 Å². The highest BCUT2D eigenvalue weighted by Crippen LogP contribution is 2.50. The fourth-order valence-electron chi connectivity index (χ4n) is 4.08. The third kappa shape index (κ3) is 2.61. The number of rotatable bonds is 3. The Kier molecular flexibility index (Phi) is 3.87. The van der Waals surface area contributed by atoms with Crippen molar-refractivity contribution in [2.45, 2.75) is 40.0 Å². The molecule has 2 aromatic rings. The van der Waals surface area contributed by atoms with Gasteiger partial charge in [-0.15, -0.1) is 0 Å². The molecule has 0 atom stereocenters. The van der Waals surface area contributed by atoms with E-state index in [1.165, 1.54) is 11.1 Å². The first-order valence-electron chi connectivity index (χ1n) is 9.21. The number of nitrogens with one attached hydrogen (secondary N) is 1. The van der Waals surface area contributed by atoms with E-state index in [0.29, 0.717) is 19.4 Å². The van der Waals surface area contributed by atoms with Gasteiger partial charge in [-0.2, -0.15) is 0 Å². The Morgan fingerprint density at radius 1 is 1.04 bits per heavy atom. The second kappa shape index (κ2) is 5.97. The molecule has 0 radical (unpaired) electrons. The van der Waals surface area contributed by atoms with Gasteiger partial charge in [0, 0.05) is 17.9 Å². The lowest BCUT2D eigenvalue weighted by Crippen LogP contribution is -2.42. The summed E-state index contributed by atoms with van der Waals surface area (Å²) < 4.78 is 0. The van der Waals surface area contributed by atoms with Gasteiger partial charge in [0.25, 0.3) is 0 Å². The molecular formula is C22H24N2O2. The first-order chi connectivity index (χ1) is 12.4. The Labute approximate surface area is 154 Å². The van der Waals surface area contributed by atoms with Crippen LogP contribution < -0.4 is 10.2 Å². The summed E-state index contributed by atoms with van der Waals surface area (Å²) in [4.78, 5) is 28.1. The van der Waals surface area contributed by atoms with E-state index in [0.717, 1.165) is 28.9 Å². The van der Waals surface area contributed by atoms with E-state index < -0.39 is 5.41 Å². The molecule has 2 aliphatic rings. The Morgan fingerprint density at radius 2 is 1.69 bits per heavy atom. The third-order valence-electron chi connectivity index (χ3n) is 5.64. The Morgan fingerprint density at radius 3 is 2.35 bits per heavy atom. The number of carbonyl (C=O) groups is 2. The van der Waals surface area contributed by atoms with E-state index in [1.807, 2.05) is 39.0 Å².